The van der Waals surface area contributed by atoms with E-state index in [0.717, 1.165) is 17.3 Å². The smallest absolute Gasteiger partial charge is 0.338 e. The predicted octanol–water partition coefficient (Wildman–Crippen LogP) is 8.14. The van der Waals surface area contributed by atoms with E-state index < -0.39 is 17.2 Å². The van der Waals surface area contributed by atoms with E-state index in [1.807, 2.05) is 30.5 Å². The first-order valence-corrected chi connectivity index (χ1v) is 12.8. The van der Waals surface area contributed by atoms with E-state index in [1.165, 1.54) is 24.3 Å². The van der Waals surface area contributed by atoms with Gasteiger partial charge in [-0.25, -0.2) is 18.6 Å². The van der Waals surface area contributed by atoms with Crippen LogP contribution in [-0.4, -0.2) is 29.2 Å². The maximum atomic E-state index is 15.0. The van der Waals surface area contributed by atoms with Crippen molar-refractivity contribution in [2.45, 2.75) is 26.2 Å². The Hall–Kier alpha value is -3.68. The van der Waals surface area contributed by atoms with Crippen LogP contribution in [0.1, 0.15) is 53.8 Å². The number of aromatic nitrogens is 2. The molecule has 0 N–H and O–H groups in total. The van der Waals surface area contributed by atoms with Crippen LogP contribution in [0.5, 0.6) is 5.75 Å². The van der Waals surface area contributed by atoms with E-state index in [9.17, 15) is 13.6 Å². The Morgan fingerprint density at radius 1 is 1.03 bits per heavy atom. The zero-order chi connectivity index (χ0) is 28.3. The second kappa shape index (κ2) is 11.6. The van der Waals surface area contributed by atoms with Crippen LogP contribution in [0.4, 0.5) is 8.78 Å². The first-order valence-electron chi connectivity index (χ1n) is 12.1. The molecule has 0 fully saturated rings. The van der Waals surface area contributed by atoms with Gasteiger partial charge < -0.3 is 9.47 Å². The topological polar surface area (TPSA) is 53.4 Å². The van der Waals surface area contributed by atoms with E-state index in [2.05, 4.69) is 4.98 Å². The second-order valence-corrected chi connectivity index (χ2v) is 10.0. The molecule has 202 valence electrons. The molecular formula is C30H26Cl2F2N2O3. The Bertz CT molecular complexity index is 1520. The van der Waals surface area contributed by atoms with Crippen LogP contribution in [0.15, 0.2) is 60.8 Å². The van der Waals surface area contributed by atoms with E-state index in [-0.39, 0.29) is 28.6 Å². The molecule has 0 amide bonds. The van der Waals surface area contributed by atoms with Crippen LogP contribution < -0.4 is 4.74 Å². The van der Waals surface area contributed by atoms with Crippen molar-refractivity contribution in [2.75, 3.05) is 13.7 Å². The molecule has 3 aromatic carbocycles. The van der Waals surface area contributed by atoms with Crippen LogP contribution in [0.2, 0.25) is 10.0 Å². The SMILES string of the molecule is CCOC(=O)c1cc(F)c(/C=C/c2ncc(C(C)(C)c3ccc(Cl)c(OC)c3)n2-c2ccc(F)cc2)c(Cl)c1. The van der Waals surface area contributed by atoms with Gasteiger partial charge in [0.2, 0.25) is 0 Å². The third kappa shape index (κ3) is 5.84. The maximum absolute atomic E-state index is 15.0. The highest BCUT2D eigenvalue weighted by Gasteiger charge is 2.30. The molecule has 0 spiro atoms. The zero-order valence-corrected chi connectivity index (χ0v) is 23.3. The quantitative estimate of drug-likeness (QED) is 0.201. The largest absolute Gasteiger partial charge is 0.495 e. The first-order chi connectivity index (χ1) is 18.6. The molecule has 0 bridgehead atoms. The van der Waals surface area contributed by atoms with Gasteiger partial charge in [0.1, 0.15) is 23.2 Å². The fraction of sp³-hybridized carbons (Fsp3) is 0.200. The summed E-state index contributed by atoms with van der Waals surface area (Å²) in [5, 5.41) is 0.531. The van der Waals surface area contributed by atoms with E-state index in [0.29, 0.717) is 22.3 Å². The van der Waals surface area contributed by atoms with Gasteiger partial charge in [0.05, 0.1) is 41.2 Å². The summed E-state index contributed by atoms with van der Waals surface area (Å²) in [4.78, 5) is 16.6. The van der Waals surface area contributed by atoms with Crippen LogP contribution in [-0.2, 0) is 10.2 Å². The van der Waals surface area contributed by atoms with Crippen LogP contribution in [0.25, 0.3) is 17.8 Å². The molecule has 1 aromatic heterocycles. The molecule has 9 heteroatoms. The summed E-state index contributed by atoms with van der Waals surface area (Å²) in [6.07, 6.45) is 4.81. The van der Waals surface area contributed by atoms with Gasteiger partial charge in [0, 0.05) is 16.7 Å². The highest BCUT2D eigenvalue weighted by Crippen LogP contribution is 2.38. The standard InChI is InChI=1S/C30H26Cl2F2N2O3/c1-5-39-29(37)18-14-24(32)22(25(34)15-18)11-13-28-35-17-27(36(28)21-9-7-20(33)8-10-21)30(2,3)19-6-12-23(31)26(16-19)38-4/h6-17H,5H2,1-4H3/b13-11+. The summed E-state index contributed by atoms with van der Waals surface area (Å²) >= 11 is 12.6. The summed E-state index contributed by atoms with van der Waals surface area (Å²) in [5.74, 6) is -0.737. The lowest BCUT2D eigenvalue weighted by Gasteiger charge is -2.28. The molecule has 0 radical (unpaired) electrons. The molecule has 0 saturated carbocycles. The fourth-order valence-electron chi connectivity index (χ4n) is 4.22. The summed E-state index contributed by atoms with van der Waals surface area (Å²) in [7, 11) is 1.55. The predicted molar refractivity (Wildman–Crippen MR) is 150 cm³/mol. The number of ether oxygens (including phenoxy) is 2. The Morgan fingerprint density at radius 2 is 1.74 bits per heavy atom. The molecule has 5 nitrogen and oxygen atoms in total. The number of rotatable bonds is 8. The van der Waals surface area contributed by atoms with Gasteiger partial charge in [-0.15, -0.1) is 0 Å². The summed E-state index contributed by atoms with van der Waals surface area (Å²) in [6.45, 7) is 5.86. The third-order valence-corrected chi connectivity index (χ3v) is 7.00. The van der Waals surface area contributed by atoms with Gasteiger partial charge in [-0.1, -0.05) is 43.1 Å². The number of carbonyl (C=O) groups is 1. The number of halogens is 4. The van der Waals surface area contributed by atoms with E-state index in [4.69, 9.17) is 32.7 Å². The van der Waals surface area contributed by atoms with Gasteiger partial charge in [-0.3, -0.25) is 4.57 Å². The van der Waals surface area contributed by atoms with Gasteiger partial charge in [0.25, 0.3) is 0 Å². The summed E-state index contributed by atoms with van der Waals surface area (Å²) < 4.78 is 41.0. The van der Waals surface area contributed by atoms with Crippen molar-refractivity contribution in [3.8, 4) is 11.4 Å². The monoisotopic (exact) mass is 570 g/mol. The van der Waals surface area contributed by atoms with Crippen molar-refractivity contribution in [2.24, 2.45) is 0 Å². The van der Waals surface area contributed by atoms with Crippen molar-refractivity contribution >= 4 is 41.3 Å². The van der Waals surface area contributed by atoms with Crippen molar-refractivity contribution in [3.63, 3.8) is 0 Å². The number of nitrogens with zero attached hydrogens (tertiary/aromatic N) is 2. The average Bonchev–Trinajstić information content (AvgIpc) is 3.33. The molecule has 4 aromatic rings. The molecular weight excluding hydrogens is 545 g/mol. The maximum Gasteiger partial charge on any atom is 0.338 e. The van der Waals surface area contributed by atoms with Crippen molar-refractivity contribution in [1.82, 2.24) is 9.55 Å². The van der Waals surface area contributed by atoms with E-state index >= 15 is 0 Å². The van der Waals surface area contributed by atoms with Gasteiger partial charge in [-0.2, -0.15) is 0 Å². The number of esters is 1. The molecule has 0 aliphatic carbocycles. The number of benzene rings is 3. The van der Waals surface area contributed by atoms with Gasteiger partial charge in [-0.05, 0) is 73.2 Å². The fourth-order valence-corrected chi connectivity index (χ4v) is 4.68. The normalized spacial score (nSPS) is 11.7. The number of imidazole rings is 1. The van der Waals surface area contributed by atoms with Gasteiger partial charge in [0.15, 0.2) is 0 Å². The van der Waals surface area contributed by atoms with Crippen molar-refractivity contribution < 1.29 is 23.0 Å². The minimum absolute atomic E-state index is 0.0201. The highest BCUT2D eigenvalue weighted by atomic mass is 35.5. The highest BCUT2D eigenvalue weighted by molar-refractivity contribution is 6.32. The second-order valence-electron chi connectivity index (χ2n) is 9.20. The van der Waals surface area contributed by atoms with Crippen LogP contribution in [0, 0.1) is 11.6 Å². The molecule has 0 atom stereocenters. The average molecular weight is 571 g/mol. The molecule has 0 saturated heterocycles. The Morgan fingerprint density at radius 3 is 2.38 bits per heavy atom. The molecule has 1 heterocycles. The number of methoxy groups -OCH3 is 1. The minimum Gasteiger partial charge on any atom is -0.495 e. The zero-order valence-electron chi connectivity index (χ0n) is 21.8. The van der Waals surface area contributed by atoms with Gasteiger partial charge >= 0.3 is 5.97 Å². The lowest BCUT2D eigenvalue weighted by atomic mass is 9.81. The first kappa shape index (κ1) is 28.3. The van der Waals surface area contributed by atoms with E-state index in [1.54, 1.807) is 44.5 Å². The Labute approximate surface area is 235 Å². The van der Waals surface area contributed by atoms with Crippen LogP contribution in [0.3, 0.4) is 0 Å². The molecule has 0 unspecified atom stereocenters. The van der Waals surface area contributed by atoms with Crippen LogP contribution >= 0.6 is 23.2 Å². The summed E-state index contributed by atoms with van der Waals surface area (Å²) in [5.41, 5.74) is 1.85. The lowest BCUT2D eigenvalue weighted by molar-refractivity contribution is 0.0525. The minimum atomic E-state index is -0.685. The third-order valence-electron chi connectivity index (χ3n) is 6.38. The number of hydrogen-bond acceptors (Lipinski definition) is 4. The lowest BCUT2D eigenvalue weighted by Crippen LogP contribution is -2.23. The Balaban J connectivity index is 1.82. The molecule has 0 aliphatic heterocycles. The number of carbonyl (C=O) groups excluding carboxylic acids is 1. The molecule has 39 heavy (non-hydrogen) atoms. The van der Waals surface area contributed by atoms with Crippen molar-refractivity contribution in [1.29, 1.82) is 0 Å². The van der Waals surface area contributed by atoms with Crippen molar-refractivity contribution in [3.05, 3.63) is 111 Å². The Kier molecular flexibility index (Phi) is 8.42. The number of hydrogen-bond donors (Lipinski definition) is 0. The summed E-state index contributed by atoms with van der Waals surface area (Å²) in [6, 6.07) is 14.0. The molecule has 0 aliphatic rings. The molecule has 4 rings (SSSR count).